The molecule has 0 aliphatic rings. The van der Waals surface area contributed by atoms with Gasteiger partial charge >= 0.3 is 17.6 Å². The van der Waals surface area contributed by atoms with E-state index in [1.54, 1.807) is 0 Å². The van der Waals surface area contributed by atoms with Gasteiger partial charge in [0.25, 0.3) is 0 Å². The molecule has 4 atom stereocenters. The van der Waals surface area contributed by atoms with E-state index in [0.717, 1.165) is 51.4 Å². The van der Waals surface area contributed by atoms with Crippen LogP contribution < -0.4 is 5.32 Å². The fourth-order valence-electron chi connectivity index (χ4n) is 4.73. The van der Waals surface area contributed by atoms with Crippen molar-refractivity contribution in [3.63, 3.8) is 0 Å². The van der Waals surface area contributed by atoms with Gasteiger partial charge in [-0.1, -0.05) is 52.4 Å². The van der Waals surface area contributed by atoms with Crippen molar-refractivity contribution in [2.75, 3.05) is 39.6 Å². The predicted molar refractivity (Wildman–Crippen MR) is 161 cm³/mol. The molecule has 0 saturated carbocycles. The van der Waals surface area contributed by atoms with E-state index in [-0.39, 0.29) is 23.9 Å². The molecule has 236 valence electrons. The summed E-state index contributed by atoms with van der Waals surface area (Å²) in [4.78, 5) is 0. The van der Waals surface area contributed by atoms with E-state index in [2.05, 4.69) is 19.2 Å². The van der Waals surface area contributed by atoms with Crippen LogP contribution in [0.1, 0.15) is 121 Å². The lowest BCUT2D eigenvalue weighted by atomic mass is 10.2. The molecule has 0 spiro atoms. The summed E-state index contributed by atoms with van der Waals surface area (Å²) in [6, 6.07) is 0. The van der Waals surface area contributed by atoms with Crippen LogP contribution in [0.3, 0.4) is 0 Å². The van der Waals surface area contributed by atoms with Crippen molar-refractivity contribution in [3.8, 4) is 0 Å². The summed E-state index contributed by atoms with van der Waals surface area (Å²) in [5.41, 5.74) is -0.551. The second kappa shape index (κ2) is 23.6. The van der Waals surface area contributed by atoms with Crippen LogP contribution in [0.4, 0.5) is 0 Å². The monoisotopic (exact) mass is 597 g/mol. The van der Waals surface area contributed by atoms with Gasteiger partial charge in [-0.25, -0.2) is 0 Å². The summed E-state index contributed by atoms with van der Waals surface area (Å²) < 4.78 is 50.5. The minimum Gasteiger partial charge on any atom is -0.372 e. The van der Waals surface area contributed by atoms with E-state index in [9.17, 15) is 0 Å². The Labute approximate surface area is 243 Å². The minimum atomic E-state index is -3.06. The Morgan fingerprint density at radius 3 is 0.974 bits per heavy atom. The zero-order valence-corrected chi connectivity index (χ0v) is 29.0. The van der Waals surface area contributed by atoms with E-state index in [1.807, 2.05) is 55.4 Å². The lowest BCUT2D eigenvalue weighted by Gasteiger charge is -2.38. The second-order valence-electron chi connectivity index (χ2n) is 9.50. The third-order valence-electron chi connectivity index (χ3n) is 6.21. The molecule has 0 radical (unpaired) electrons. The van der Waals surface area contributed by atoms with Crippen LogP contribution in [-0.4, -0.2) is 81.2 Å². The molecule has 0 aliphatic carbocycles. The zero-order valence-electron chi connectivity index (χ0n) is 27.0. The van der Waals surface area contributed by atoms with Crippen LogP contribution in [0.2, 0.25) is 0 Å². The summed E-state index contributed by atoms with van der Waals surface area (Å²) in [6.07, 6.45) is 7.52. The van der Waals surface area contributed by atoms with Crippen molar-refractivity contribution in [2.45, 2.75) is 145 Å². The molecule has 1 N–H and O–H groups in total. The highest BCUT2D eigenvalue weighted by molar-refractivity contribution is 6.62. The summed E-state index contributed by atoms with van der Waals surface area (Å²) in [5, 5.41) is 3.49. The highest BCUT2D eigenvalue weighted by atomic mass is 28.4. The molecule has 0 aromatic rings. The van der Waals surface area contributed by atoms with Gasteiger partial charge in [0.2, 0.25) is 0 Å². The number of rotatable bonds is 28. The van der Waals surface area contributed by atoms with Gasteiger partial charge in [0, 0.05) is 39.6 Å². The van der Waals surface area contributed by atoms with Crippen LogP contribution in [0.5, 0.6) is 0 Å². The van der Waals surface area contributed by atoms with Crippen molar-refractivity contribution < 1.29 is 36.0 Å². The quantitative estimate of drug-likeness (QED) is 0.0628. The SMILES string of the molecule is CCCCCC(OC(C)NC(C)OC(CCCCC)[Si](OCC)(OCC)OCC)[Si](OCC)(OCC)OCC. The van der Waals surface area contributed by atoms with Gasteiger partial charge in [-0.05, 0) is 68.2 Å². The first-order chi connectivity index (χ1) is 18.8. The molecule has 0 fully saturated rings. The minimum absolute atomic E-state index is 0.275. The lowest BCUT2D eigenvalue weighted by Crippen LogP contribution is -2.61. The highest BCUT2D eigenvalue weighted by Crippen LogP contribution is 2.26. The van der Waals surface area contributed by atoms with Gasteiger partial charge < -0.3 is 36.0 Å². The first-order valence-electron chi connectivity index (χ1n) is 15.7. The maximum Gasteiger partial charge on any atom is 0.531 e. The van der Waals surface area contributed by atoms with E-state index >= 15 is 0 Å². The first kappa shape index (κ1) is 39.1. The molecule has 0 aromatic heterocycles. The topological polar surface area (TPSA) is 85.9 Å². The number of hydrogen-bond acceptors (Lipinski definition) is 9. The summed E-state index contributed by atoms with van der Waals surface area (Å²) >= 11 is 0. The normalized spacial score (nSPS) is 15.8. The van der Waals surface area contributed by atoms with Crippen molar-refractivity contribution in [1.82, 2.24) is 5.32 Å². The fraction of sp³-hybridized carbons (Fsp3) is 1.00. The van der Waals surface area contributed by atoms with Gasteiger partial charge in [-0.15, -0.1) is 0 Å². The van der Waals surface area contributed by atoms with Gasteiger partial charge in [0.1, 0.15) is 23.9 Å². The van der Waals surface area contributed by atoms with Crippen LogP contribution in [-0.2, 0) is 36.0 Å². The highest BCUT2D eigenvalue weighted by Gasteiger charge is 2.52. The van der Waals surface area contributed by atoms with Gasteiger partial charge in [-0.2, -0.15) is 0 Å². The predicted octanol–water partition coefficient (Wildman–Crippen LogP) is 6.37. The lowest BCUT2D eigenvalue weighted by molar-refractivity contribution is -0.0948. The second-order valence-corrected chi connectivity index (χ2v) is 14.9. The molecular formula is C28H63NO8Si2. The number of nitrogens with one attached hydrogen (secondary N) is 1. The molecule has 0 saturated heterocycles. The number of hydrogen-bond donors (Lipinski definition) is 1. The average Bonchev–Trinajstić information content (AvgIpc) is 2.88. The Hall–Kier alpha value is 0.0738. The number of unbranched alkanes of at least 4 members (excludes halogenated alkanes) is 4. The number of ether oxygens (including phenoxy) is 2. The molecule has 0 aliphatic heterocycles. The van der Waals surface area contributed by atoms with Gasteiger partial charge in [0.15, 0.2) is 0 Å². The Bertz CT molecular complexity index is 484. The van der Waals surface area contributed by atoms with Crippen LogP contribution in [0.15, 0.2) is 0 Å². The van der Waals surface area contributed by atoms with Crippen molar-refractivity contribution in [1.29, 1.82) is 0 Å². The smallest absolute Gasteiger partial charge is 0.372 e. The molecule has 9 nitrogen and oxygen atoms in total. The Morgan fingerprint density at radius 1 is 0.462 bits per heavy atom. The molecule has 0 amide bonds. The molecule has 4 unspecified atom stereocenters. The molecule has 0 aromatic carbocycles. The van der Waals surface area contributed by atoms with Crippen LogP contribution in [0.25, 0.3) is 0 Å². The maximum atomic E-state index is 6.61. The van der Waals surface area contributed by atoms with Crippen molar-refractivity contribution in [3.05, 3.63) is 0 Å². The molecule has 0 bridgehead atoms. The van der Waals surface area contributed by atoms with Crippen molar-refractivity contribution >= 4 is 17.6 Å². The van der Waals surface area contributed by atoms with E-state index in [1.165, 1.54) is 0 Å². The molecule has 39 heavy (non-hydrogen) atoms. The standard InChI is InChI=1S/C28H63NO8Si2/c1-11-19-21-23-27(38(30-13-3,31-14-4)32-15-5)36-25(9)29-26(10)37-28(24-22-20-12-2)39(33-16-6,34-17-7)35-18-8/h25-29H,11-24H2,1-10H3. The van der Waals surface area contributed by atoms with Gasteiger partial charge in [-0.3, -0.25) is 5.32 Å². The average molecular weight is 598 g/mol. The zero-order chi connectivity index (χ0) is 29.6. The van der Waals surface area contributed by atoms with Crippen molar-refractivity contribution in [2.24, 2.45) is 0 Å². The Kier molecular flexibility index (Phi) is 23.7. The first-order valence-corrected chi connectivity index (χ1v) is 19.3. The summed E-state index contributed by atoms with van der Waals surface area (Å²) in [5.74, 6) is 0. The van der Waals surface area contributed by atoms with E-state index in [4.69, 9.17) is 36.0 Å². The molecule has 0 rings (SSSR count). The Balaban J connectivity index is 5.77. The summed E-state index contributed by atoms with van der Waals surface area (Å²) in [6.45, 7) is 23.3. The van der Waals surface area contributed by atoms with E-state index in [0.29, 0.717) is 39.6 Å². The maximum absolute atomic E-state index is 6.61. The summed E-state index contributed by atoms with van der Waals surface area (Å²) in [7, 11) is -6.12. The van der Waals surface area contributed by atoms with Crippen LogP contribution >= 0.6 is 0 Å². The Morgan fingerprint density at radius 2 is 0.744 bits per heavy atom. The largest absolute Gasteiger partial charge is 0.531 e. The third kappa shape index (κ3) is 14.7. The van der Waals surface area contributed by atoms with Gasteiger partial charge in [0.05, 0.1) is 0 Å². The molecular weight excluding hydrogens is 534 g/mol. The molecule has 11 heteroatoms. The molecule has 0 heterocycles. The fourth-order valence-corrected chi connectivity index (χ4v) is 10.6. The third-order valence-corrected chi connectivity index (χ3v) is 12.8. The van der Waals surface area contributed by atoms with Crippen LogP contribution in [0, 0.1) is 0 Å². The van der Waals surface area contributed by atoms with E-state index < -0.39 is 17.6 Å².